The second kappa shape index (κ2) is 7.96. The summed E-state index contributed by atoms with van der Waals surface area (Å²) in [5.74, 6) is 0. The summed E-state index contributed by atoms with van der Waals surface area (Å²) in [6, 6.07) is 10.4. The molecule has 0 fully saturated rings. The van der Waals surface area contributed by atoms with Crippen molar-refractivity contribution in [3.8, 4) is 0 Å². The maximum atomic E-state index is 5.37. The first-order valence-corrected chi connectivity index (χ1v) is 9.14. The van der Waals surface area contributed by atoms with E-state index < -0.39 is 0 Å². The molecule has 3 unspecified atom stereocenters. The van der Waals surface area contributed by atoms with Gasteiger partial charge in [0.05, 0.1) is 4.58 Å². The SMILES string of the molecule is CCC(CC(C)=S)(C(S)SC)C(S)c1ccccc1. The van der Waals surface area contributed by atoms with Crippen LogP contribution in [0, 0.1) is 5.41 Å². The van der Waals surface area contributed by atoms with Crippen molar-refractivity contribution < 1.29 is 0 Å². The van der Waals surface area contributed by atoms with Crippen LogP contribution in [0.3, 0.4) is 0 Å². The van der Waals surface area contributed by atoms with Gasteiger partial charge >= 0.3 is 0 Å². The summed E-state index contributed by atoms with van der Waals surface area (Å²) in [6.45, 7) is 4.23. The molecule has 0 aliphatic carbocycles. The fourth-order valence-corrected chi connectivity index (χ4v) is 4.84. The molecule has 4 heteroatoms. The molecule has 0 N–H and O–H groups in total. The zero-order valence-electron chi connectivity index (χ0n) is 11.7. The van der Waals surface area contributed by atoms with Crippen LogP contribution in [-0.4, -0.2) is 15.7 Å². The molecule has 0 saturated heterocycles. The van der Waals surface area contributed by atoms with E-state index >= 15 is 0 Å². The first kappa shape index (κ1) is 17.4. The standard InChI is InChI=1S/C15H22S4/c1-4-15(10-11(2)16,14(18)19-3)13(17)12-8-6-5-7-9-12/h5-9,13-14,17-18H,4,10H2,1-3H3. The van der Waals surface area contributed by atoms with Gasteiger partial charge in [0.2, 0.25) is 0 Å². The normalized spacial score (nSPS) is 17.5. The highest BCUT2D eigenvalue weighted by molar-refractivity contribution is 8.10. The Hall–Kier alpha value is 0.360. The van der Waals surface area contributed by atoms with Crippen LogP contribution in [0.2, 0.25) is 0 Å². The zero-order chi connectivity index (χ0) is 14.5. The average molecular weight is 331 g/mol. The van der Waals surface area contributed by atoms with Crippen molar-refractivity contribution in [1.82, 2.24) is 0 Å². The van der Waals surface area contributed by atoms with E-state index in [1.54, 1.807) is 11.8 Å². The van der Waals surface area contributed by atoms with E-state index in [4.69, 9.17) is 37.5 Å². The van der Waals surface area contributed by atoms with Crippen LogP contribution in [0.25, 0.3) is 0 Å². The van der Waals surface area contributed by atoms with E-state index in [0.29, 0.717) is 0 Å². The second-order valence-electron chi connectivity index (χ2n) is 4.87. The van der Waals surface area contributed by atoms with Crippen molar-refractivity contribution >= 4 is 54.1 Å². The van der Waals surface area contributed by atoms with E-state index in [1.807, 2.05) is 13.0 Å². The molecule has 0 aliphatic rings. The third-order valence-electron chi connectivity index (χ3n) is 3.61. The lowest BCUT2D eigenvalue weighted by atomic mass is 9.76. The molecule has 0 radical (unpaired) electrons. The molecule has 0 heterocycles. The summed E-state index contributed by atoms with van der Waals surface area (Å²) in [5, 5.41) is 0.145. The Morgan fingerprint density at radius 3 is 2.32 bits per heavy atom. The molecule has 3 atom stereocenters. The number of thioether (sulfide) groups is 1. The lowest BCUT2D eigenvalue weighted by Gasteiger charge is -2.42. The van der Waals surface area contributed by atoms with Crippen LogP contribution in [-0.2, 0) is 0 Å². The summed E-state index contributed by atoms with van der Waals surface area (Å²) in [6.07, 6.45) is 4.00. The summed E-state index contributed by atoms with van der Waals surface area (Å²) < 4.78 is 0.220. The summed E-state index contributed by atoms with van der Waals surface area (Å²) in [5.41, 5.74) is 1.23. The molecular weight excluding hydrogens is 308 g/mol. The van der Waals surface area contributed by atoms with Crippen LogP contribution < -0.4 is 0 Å². The molecule has 0 bridgehead atoms. The number of hydrogen-bond donors (Lipinski definition) is 2. The fraction of sp³-hybridized carbons (Fsp3) is 0.533. The maximum absolute atomic E-state index is 5.37. The average Bonchev–Trinajstić information content (AvgIpc) is 2.43. The number of benzene rings is 1. The highest BCUT2D eigenvalue weighted by atomic mass is 32.2. The molecule has 0 nitrogen and oxygen atoms in total. The first-order chi connectivity index (χ1) is 8.97. The van der Waals surface area contributed by atoms with Crippen LogP contribution >= 0.6 is 49.2 Å². The summed E-state index contributed by atoms with van der Waals surface area (Å²) in [4.78, 5) is 1.03. The zero-order valence-corrected chi connectivity index (χ0v) is 15.1. The quantitative estimate of drug-likeness (QED) is 0.387. The molecule has 1 aromatic rings. The lowest BCUT2D eigenvalue weighted by molar-refractivity contribution is 0.312. The fourth-order valence-electron chi connectivity index (χ4n) is 2.48. The van der Waals surface area contributed by atoms with Gasteiger partial charge in [0.1, 0.15) is 0 Å². The molecule has 0 aromatic heterocycles. The number of hydrogen-bond acceptors (Lipinski definition) is 4. The van der Waals surface area contributed by atoms with Gasteiger partial charge in [-0.15, -0.1) is 0 Å². The van der Waals surface area contributed by atoms with Crippen molar-refractivity contribution in [1.29, 1.82) is 0 Å². The monoisotopic (exact) mass is 330 g/mol. The van der Waals surface area contributed by atoms with Gasteiger partial charge in [-0.25, -0.2) is 0 Å². The minimum atomic E-state index is -0.0151. The van der Waals surface area contributed by atoms with Gasteiger partial charge in [0, 0.05) is 10.7 Å². The third kappa shape index (κ3) is 4.16. The van der Waals surface area contributed by atoms with Gasteiger partial charge in [-0.05, 0) is 36.4 Å². The first-order valence-electron chi connectivity index (χ1n) is 6.41. The molecule has 1 aromatic carbocycles. The molecule has 106 valence electrons. The number of thiol groups is 2. The Morgan fingerprint density at radius 2 is 1.89 bits per heavy atom. The molecule has 0 saturated carbocycles. The highest BCUT2D eigenvalue weighted by Gasteiger charge is 2.41. The van der Waals surface area contributed by atoms with Crippen molar-refractivity contribution in [3.05, 3.63) is 35.9 Å². The Balaban J connectivity index is 3.18. The van der Waals surface area contributed by atoms with E-state index in [1.165, 1.54) is 5.56 Å². The van der Waals surface area contributed by atoms with Crippen molar-refractivity contribution in [2.45, 2.75) is 36.5 Å². The molecule has 19 heavy (non-hydrogen) atoms. The second-order valence-corrected chi connectivity index (χ2v) is 7.89. The van der Waals surface area contributed by atoms with E-state index in [9.17, 15) is 0 Å². The maximum Gasteiger partial charge on any atom is 0.0542 e. The molecular formula is C15H22S4. The van der Waals surface area contributed by atoms with Gasteiger partial charge in [-0.2, -0.15) is 37.0 Å². The Bertz CT molecular complexity index is 404. The number of thiocarbonyl (C=S) groups is 1. The Morgan fingerprint density at radius 1 is 1.32 bits per heavy atom. The van der Waals surface area contributed by atoms with E-state index in [-0.39, 0.29) is 15.2 Å². The van der Waals surface area contributed by atoms with Gasteiger partial charge in [-0.3, -0.25) is 0 Å². The predicted octanol–water partition coefficient (Wildman–Crippen LogP) is 5.45. The predicted molar refractivity (Wildman–Crippen MR) is 100 cm³/mol. The van der Waals surface area contributed by atoms with E-state index in [0.717, 1.165) is 17.7 Å². The summed E-state index contributed by atoms with van der Waals surface area (Å²) in [7, 11) is 0. The van der Waals surface area contributed by atoms with Gasteiger partial charge in [-0.1, -0.05) is 49.5 Å². The van der Waals surface area contributed by atoms with Crippen LogP contribution in [0.5, 0.6) is 0 Å². The highest BCUT2D eigenvalue weighted by Crippen LogP contribution is 2.52. The van der Waals surface area contributed by atoms with Gasteiger partial charge in [0.25, 0.3) is 0 Å². The minimum absolute atomic E-state index is 0.0151. The summed E-state index contributed by atoms with van der Waals surface area (Å²) >= 11 is 16.9. The van der Waals surface area contributed by atoms with Gasteiger partial charge in [0.15, 0.2) is 0 Å². The molecule has 0 aliphatic heterocycles. The topological polar surface area (TPSA) is 0 Å². The molecule has 0 amide bonds. The van der Waals surface area contributed by atoms with Crippen LogP contribution in [0.15, 0.2) is 30.3 Å². The minimum Gasteiger partial charge on any atom is -0.170 e. The Labute approximate surface area is 138 Å². The van der Waals surface area contributed by atoms with Crippen LogP contribution in [0.4, 0.5) is 0 Å². The largest absolute Gasteiger partial charge is 0.170 e. The number of rotatable bonds is 7. The smallest absolute Gasteiger partial charge is 0.0542 e. The lowest BCUT2D eigenvalue weighted by Crippen LogP contribution is -2.35. The van der Waals surface area contributed by atoms with Crippen LogP contribution in [0.1, 0.15) is 37.5 Å². The molecule has 1 rings (SSSR count). The van der Waals surface area contributed by atoms with Crippen molar-refractivity contribution in [3.63, 3.8) is 0 Å². The van der Waals surface area contributed by atoms with Gasteiger partial charge < -0.3 is 0 Å². The van der Waals surface area contributed by atoms with Crippen molar-refractivity contribution in [2.75, 3.05) is 6.26 Å². The Kier molecular flexibility index (Phi) is 7.30. The molecule has 0 spiro atoms. The third-order valence-corrected chi connectivity index (χ3v) is 6.63. The van der Waals surface area contributed by atoms with Crippen molar-refractivity contribution in [2.24, 2.45) is 5.41 Å². The van der Waals surface area contributed by atoms with E-state index in [2.05, 4.69) is 37.4 Å².